The Morgan fingerprint density at radius 1 is 1.10 bits per heavy atom. The molecule has 1 aliphatic rings. The lowest BCUT2D eigenvalue weighted by atomic mass is 10.2. The number of sulfonamides is 1. The molecule has 0 bridgehead atoms. The van der Waals surface area contributed by atoms with Crippen molar-refractivity contribution in [1.29, 1.82) is 0 Å². The number of hydrogen-bond acceptors (Lipinski definition) is 4. The summed E-state index contributed by atoms with van der Waals surface area (Å²) in [6.45, 7) is 3.60. The van der Waals surface area contributed by atoms with Crippen LogP contribution in [0, 0.1) is 0 Å². The molecule has 3 aromatic rings. The maximum atomic E-state index is 12.8. The molecule has 1 amide bonds. The summed E-state index contributed by atoms with van der Waals surface area (Å²) in [5.74, 6) is -0.446. The third-order valence-corrected chi connectivity index (χ3v) is 8.71. The molecule has 0 atom stereocenters. The van der Waals surface area contributed by atoms with Gasteiger partial charge in [-0.15, -0.1) is 0 Å². The second-order valence-electron chi connectivity index (χ2n) is 7.27. The van der Waals surface area contributed by atoms with Crippen molar-refractivity contribution in [2.45, 2.75) is 37.6 Å². The number of thiazole rings is 1. The van der Waals surface area contributed by atoms with E-state index < -0.39 is 15.9 Å². The lowest BCUT2D eigenvalue weighted by Crippen LogP contribution is -2.35. The molecule has 0 unspecified atom stereocenters. The van der Waals surface area contributed by atoms with Crippen LogP contribution in [-0.2, 0) is 16.6 Å². The molecule has 31 heavy (non-hydrogen) atoms. The van der Waals surface area contributed by atoms with Gasteiger partial charge in [0.25, 0.3) is 5.91 Å². The molecule has 2 aromatic carbocycles. The molecule has 1 aliphatic heterocycles. The zero-order chi connectivity index (χ0) is 22.2. The number of hydrogen-bond donors (Lipinski definition) is 0. The lowest BCUT2D eigenvalue weighted by molar-refractivity contribution is 0.0997. The van der Waals surface area contributed by atoms with Gasteiger partial charge in [-0.25, -0.2) is 8.42 Å². The van der Waals surface area contributed by atoms with E-state index in [-0.39, 0.29) is 4.90 Å². The molecule has 1 aromatic heterocycles. The van der Waals surface area contributed by atoms with Crippen molar-refractivity contribution in [3.63, 3.8) is 0 Å². The molecule has 1 saturated heterocycles. The normalized spacial score (nSPS) is 16.2. The van der Waals surface area contributed by atoms with Gasteiger partial charge >= 0.3 is 0 Å². The van der Waals surface area contributed by atoms with Gasteiger partial charge in [-0.2, -0.15) is 9.30 Å². The Bertz CT molecular complexity index is 1310. The smallest absolute Gasteiger partial charge is 0.279 e. The number of piperidine rings is 1. The van der Waals surface area contributed by atoms with Gasteiger partial charge < -0.3 is 4.57 Å². The largest absolute Gasteiger partial charge is 0.315 e. The van der Waals surface area contributed by atoms with Crippen LogP contribution in [0.15, 0.2) is 46.3 Å². The van der Waals surface area contributed by atoms with E-state index in [2.05, 4.69) is 4.99 Å². The monoisotopic (exact) mass is 497 g/mol. The maximum absolute atomic E-state index is 12.8. The Morgan fingerprint density at radius 2 is 1.77 bits per heavy atom. The molecular weight excluding hydrogens is 477 g/mol. The lowest BCUT2D eigenvalue weighted by Gasteiger charge is -2.25. The summed E-state index contributed by atoms with van der Waals surface area (Å²) in [5.41, 5.74) is 1.11. The Morgan fingerprint density at radius 3 is 2.42 bits per heavy atom. The fourth-order valence-electron chi connectivity index (χ4n) is 3.68. The molecule has 0 radical (unpaired) electrons. The van der Waals surface area contributed by atoms with Gasteiger partial charge in [-0.05, 0) is 56.2 Å². The first-order valence-electron chi connectivity index (χ1n) is 9.99. The van der Waals surface area contributed by atoms with Crippen LogP contribution < -0.4 is 4.80 Å². The van der Waals surface area contributed by atoms with Crippen LogP contribution in [0.5, 0.6) is 0 Å². The number of aryl methyl sites for hydroxylation is 1. The first kappa shape index (κ1) is 22.5. The van der Waals surface area contributed by atoms with Gasteiger partial charge in [0, 0.05) is 30.2 Å². The third-order valence-electron chi connectivity index (χ3n) is 5.26. The second kappa shape index (κ2) is 9.03. The standard InChI is InChI=1S/C21H21Cl2N3O3S2/c1-2-26-19-17(23)12-15(22)13-18(19)30-21(26)24-20(27)14-6-8-16(9-7-14)31(28,29)25-10-4-3-5-11-25/h6-9,12-13H,2-5,10-11H2,1H3. The molecule has 0 saturated carbocycles. The Kier molecular flexibility index (Phi) is 6.55. The number of carbonyl (C=O) groups is 1. The number of rotatable bonds is 4. The van der Waals surface area contributed by atoms with E-state index in [9.17, 15) is 13.2 Å². The van der Waals surface area contributed by atoms with Gasteiger partial charge in [0.2, 0.25) is 10.0 Å². The average molecular weight is 498 g/mol. The molecule has 0 spiro atoms. The van der Waals surface area contributed by atoms with Crippen LogP contribution in [0.2, 0.25) is 10.0 Å². The molecular formula is C21H21Cl2N3O3S2. The number of fused-ring (bicyclic) bond motifs is 1. The van der Waals surface area contributed by atoms with Crippen molar-refractivity contribution in [3.8, 4) is 0 Å². The fraction of sp³-hybridized carbons (Fsp3) is 0.333. The van der Waals surface area contributed by atoms with Gasteiger partial charge in [-0.3, -0.25) is 4.79 Å². The van der Waals surface area contributed by atoms with Crippen LogP contribution >= 0.6 is 34.5 Å². The molecule has 4 rings (SSSR count). The molecule has 2 heterocycles. The minimum Gasteiger partial charge on any atom is -0.315 e. The topological polar surface area (TPSA) is 71.7 Å². The van der Waals surface area contributed by atoms with Crippen molar-refractivity contribution in [1.82, 2.24) is 8.87 Å². The van der Waals surface area contributed by atoms with E-state index in [1.807, 2.05) is 11.5 Å². The summed E-state index contributed by atoms with van der Waals surface area (Å²) >= 11 is 13.8. The fourth-order valence-corrected chi connectivity index (χ4v) is 7.07. The highest BCUT2D eigenvalue weighted by molar-refractivity contribution is 7.89. The second-order valence-corrected chi connectivity index (χ2v) is 11.1. The number of benzene rings is 2. The van der Waals surface area contributed by atoms with Crippen molar-refractivity contribution in [3.05, 3.63) is 56.8 Å². The maximum Gasteiger partial charge on any atom is 0.279 e. The van der Waals surface area contributed by atoms with Crippen molar-refractivity contribution >= 4 is 60.7 Å². The predicted molar refractivity (Wildman–Crippen MR) is 124 cm³/mol. The summed E-state index contributed by atoms with van der Waals surface area (Å²) in [7, 11) is -3.54. The first-order valence-corrected chi connectivity index (χ1v) is 13.0. The highest BCUT2D eigenvalue weighted by Crippen LogP contribution is 2.29. The van der Waals surface area contributed by atoms with E-state index in [4.69, 9.17) is 23.2 Å². The minimum atomic E-state index is -3.54. The summed E-state index contributed by atoms with van der Waals surface area (Å²) in [4.78, 5) is 17.8. The van der Waals surface area contributed by atoms with Crippen molar-refractivity contribution < 1.29 is 13.2 Å². The van der Waals surface area contributed by atoms with Gasteiger partial charge in [0.05, 0.1) is 20.1 Å². The van der Waals surface area contributed by atoms with Gasteiger partial charge in [0.1, 0.15) is 0 Å². The van der Waals surface area contributed by atoms with E-state index in [1.165, 1.54) is 39.9 Å². The number of amides is 1. The highest BCUT2D eigenvalue weighted by Gasteiger charge is 2.26. The summed E-state index contributed by atoms with van der Waals surface area (Å²) in [6.07, 6.45) is 2.79. The Hall–Kier alpha value is -1.71. The molecule has 164 valence electrons. The summed E-state index contributed by atoms with van der Waals surface area (Å²) < 4.78 is 29.8. The highest BCUT2D eigenvalue weighted by atomic mass is 35.5. The average Bonchev–Trinajstić information content (AvgIpc) is 3.11. The molecule has 0 aliphatic carbocycles. The van der Waals surface area contributed by atoms with Crippen LogP contribution in [0.25, 0.3) is 10.2 Å². The van der Waals surface area contributed by atoms with Gasteiger partial charge in [0.15, 0.2) is 4.80 Å². The zero-order valence-corrected chi connectivity index (χ0v) is 20.0. The zero-order valence-electron chi connectivity index (χ0n) is 16.8. The first-order chi connectivity index (χ1) is 14.8. The van der Waals surface area contributed by atoms with Crippen LogP contribution in [0.4, 0.5) is 0 Å². The van der Waals surface area contributed by atoms with Crippen molar-refractivity contribution in [2.75, 3.05) is 13.1 Å². The van der Waals surface area contributed by atoms with E-state index in [0.717, 1.165) is 29.5 Å². The summed E-state index contributed by atoms with van der Waals surface area (Å²) in [5, 5.41) is 1.02. The molecule has 10 heteroatoms. The SMILES string of the molecule is CCn1c(=NC(=O)c2ccc(S(=O)(=O)N3CCCCC3)cc2)sc2cc(Cl)cc(Cl)c21. The Labute approximate surface area is 194 Å². The van der Waals surface area contributed by atoms with E-state index in [0.29, 0.717) is 40.0 Å². The minimum absolute atomic E-state index is 0.192. The van der Waals surface area contributed by atoms with E-state index in [1.54, 1.807) is 12.1 Å². The van der Waals surface area contributed by atoms with Crippen molar-refractivity contribution in [2.24, 2.45) is 4.99 Å². The molecule has 0 N–H and O–H groups in total. The molecule has 6 nitrogen and oxygen atoms in total. The number of aromatic nitrogens is 1. The third kappa shape index (κ3) is 4.45. The Balaban J connectivity index is 1.66. The number of halogens is 2. The van der Waals surface area contributed by atoms with Crippen LogP contribution in [0.3, 0.4) is 0 Å². The molecule has 1 fully saturated rings. The quantitative estimate of drug-likeness (QED) is 0.511. The van der Waals surface area contributed by atoms with Gasteiger partial charge in [-0.1, -0.05) is 41.0 Å². The van der Waals surface area contributed by atoms with E-state index >= 15 is 0 Å². The van der Waals surface area contributed by atoms with Crippen LogP contribution in [0.1, 0.15) is 36.5 Å². The summed E-state index contributed by atoms with van der Waals surface area (Å²) in [6, 6.07) is 9.43. The number of nitrogens with zero attached hydrogens (tertiary/aromatic N) is 3. The predicted octanol–water partition coefficient (Wildman–Crippen LogP) is 4.95. The number of carbonyl (C=O) groups excluding carboxylic acids is 1. The van der Waals surface area contributed by atoms with Crippen LogP contribution in [-0.4, -0.2) is 36.3 Å².